The normalized spacial score (nSPS) is 12.0. The highest BCUT2D eigenvalue weighted by molar-refractivity contribution is 7.95. The van der Waals surface area contributed by atoms with Crippen LogP contribution in [-0.4, -0.2) is 8.42 Å². The molecule has 4 heteroatoms. The van der Waals surface area contributed by atoms with E-state index < -0.39 is 10.0 Å². The predicted octanol–water partition coefficient (Wildman–Crippen LogP) is 4.22. The highest BCUT2D eigenvalue weighted by Gasteiger charge is 2.07. The van der Waals surface area contributed by atoms with E-state index in [-0.39, 0.29) is 0 Å². The molecular formula is C17H19NO2S. The summed E-state index contributed by atoms with van der Waals surface area (Å²) >= 11 is 0. The van der Waals surface area contributed by atoms with Crippen molar-refractivity contribution in [2.75, 3.05) is 4.72 Å². The first-order valence-electron chi connectivity index (χ1n) is 6.82. The van der Waals surface area contributed by atoms with E-state index in [2.05, 4.69) is 18.6 Å². The van der Waals surface area contributed by atoms with Gasteiger partial charge >= 0.3 is 0 Å². The number of hydrogen-bond donors (Lipinski definition) is 1. The molecule has 0 radical (unpaired) electrons. The lowest BCUT2D eigenvalue weighted by molar-refractivity contribution is 0.609. The standard InChI is InChI=1S/C17H19NO2S/c1-14(2)16-9-6-10-17(13-16)18-21(19,20)12-11-15-7-4-3-5-8-15/h3-14,18H,1-2H3. The first-order chi connectivity index (χ1) is 9.96. The predicted molar refractivity (Wildman–Crippen MR) is 88.5 cm³/mol. The molecular weight excluding hydrogens is 282 g/mol. The average Bonchev–Trinajstić information content (AvgIpc) is 2.46. The second kappa shape index (κ2) is 6.59. The molecule has 0 aliphatic heterocycles. The fourth-order valence-electron chi connectivity index (χ4n) is 1.89. The molecule has 0 aromatic heterocycles. The van der Waals surface area contributed by atoms with Gasteiger partial charge in [0.15, 0.2) is 0 Å². The zero-order valence-corrected chi connectivity index (χ0v) is 13.0. The van der Waals surface area contributed by atoms with E-state index in [1.54, 1.807) is 12.1 Å². The Morgan fingerprint density at radius 3 is 2.38 bits per heavy atom. The van der Waals surface area contributed by atoms with Crippen molar-refractivity contribution in [3.05, 3.63) is 71.1 Å². The number of nitrogens with one attached hydrogen (secondary N) is 1. The average molecular weight is 301 g/mol. The van der Waals surface area contributed by atoms with Crippen molar-refractivity contribution in [1.29, 1.82) is 0 Å². The van der Waals surface area contributed by atoms with Gasteiger partial charge in [0.1, 0.15) is 0 Å². The molecule has 0 bridgehead atoms. The van der Waals surface area contributed by atoms with Crippen molar-refractivity contribution in [3.8, 4) is 0 Å². The minimum absolute atomic E-state index is 0.356. The van der Waals surface area contributed by atoms with Gasteiger partial charge in [0.25, 0.3) is 10.0 Å². The summed E-state index contributed by atoms with van der Waals surface area (Å²) in [7, 11) is -3.51. The summed E-state index contributed by atoms with van der Waals surface area (Å²) in [5.41, 5.74) is 2.53. The summed E-state index contributed by atoms with van der Waals surface area (Å²) in [5, 5.41) is 1.18. The molecule has 2 aromatic rings. The SMILES string of the molecule is CC(C)c1cccc(NS(=O)(=O)C=Cc2ccccc2)c1. The van der Waals surface area contributed by atoms with E-state index in [1.165, 1.54) is 5.41 Å². The van der Waals surface area contributed by atoms with Crippen molar-refractivity contribution >= 4 is 21.8 Å². The van der Waals surface area contributed by atoms with Crippen molar-refractivity contribution in [2.24, 2.45) is 0 Å². The van der Waals surface area contributed by atoms with Crippen LogP contribution in [-0.2, 0) is 10.0 Å². The lowest BCUT2D eigenvalue weighted by Gasteiger charge is -2.09. The summed E-state index contributed by atoms with van der Waals surface area (Å²) in [6.07, 6.45) is 1.58. The topological polar surface area (TPSA) is 46.2 Å². The van der Waals surface area contributed by atoms with Gasteiger partial charge in [-0.25, -0.2) is 8.42 Å². The Balaban J connectivity index is 2.14. The van der Waals surface area contributed by atoms with Crippen LogP contribution in [0.25, 0.3) is 6.08 Å². The molecule has 0 atom stereocenters. The maximum atomic E-state index is 12.1. The quantitative estimate of drug-likeness (QED) is 0.898. The second-order valence-electron chi connectivity index (χ2n) is 5.14. The van der Waals surface area contributed by atoms with Crippen LogP contribution in [0, 0.1) is 0 Å². The fourth-order valence-corrected chi connectivity index (χ4v) is 2.75. The van der Waals surface area contributed by atoms with Gasteiger partial charge < -0.3 is 0 Å². The molecule has 2 rings (SSSR count). The van der Waals surface area contributed by atoms with E-state index >= 15 is 0 Å². The highest BCUT2D eigenvalue weighted by Crippen LogP contribution is 2.19. The summed E-state index contributed by atoms with van der Waals surface area (Å²) in [6, 6.07) is 16.8. The zero-order chi connectivity index (χ0) is 15.3. The third-order valence-corrected chi connectivity index (χ3v) is 4.07. The van der Waals surface area contributed by atoms with Crippen LogP contribution in [0.4, 0.5) is 5.69 Å². The number of hydrogen-bond acceptors (Lipinski definition) is 2. The first-order valence-corrected chi connectivity index (χ1v) is 8.37. The summed E-state index contributed by atoms with van der Waals surface area (Å²) in [6.45, 7) is 4.14. The van der Waals surface area contributed by atoms with E-state index in [1.807, 2.05) is 48.5 Å². The molecule has 1 N–H and O–H groups in total. The molecule has 0 aliphatic carbocycles. The molecule has 2 aromatic carbocycles. The Labute approximate surface area is 126 Å². The Morgan fingerprint density at radius 1 is 1.00 bits per heavy atom. The fraction of sp³-hybridized carbons (Fsp3) is 0.176. The molecule has 0 spiro atoms. The van der Waals surface area contributed by atoms with Crippen LogP contribution in [0.2, 0.25) is 0 Å². The molecule has 0 heterocycles. The Morgan fingerprint density at radius 2 is 1.71 bits per heavy atom. The van der Waals surface area contributed by atoms with Gasteiger partial charge in [0, 0.05) is 5.69 Å². The number of anilines is 1. The van der Waals surface area contributed by atoms with E-state index in [9.17, 15) is 8.42 Å². The minimum Gasteiger partial charge on any atom is -0.280 e. The van der Waals surface area contributed by atoms with Gasteiger partial charge in [-0.3, -0.25) is 4.72 Å². The zero-order valence-electron chi connectivity index (χ0n) is 12.2. The van der Waals surface area contributed by atoms with Crippen molar-refractivity contribution in [2.45, 2.75) is 19.8 Å². The van der Waals surface area contributed by atoms with Gasteiger partial charge in [-0.2, -0.15) is 0 Å². The molecule has 3 nitrogen and oxygen atoms in total. The van der Waals surface area contributed by atoms with Crippen LogP contribution in [0.1, 0.15) is 30.9 Å². The smallest absolute Gasteiger partial charge is 0.255 e. The van der Waals surface area contributed by atoms with Gasteiger partial charge in [-0.1, -0.05) is 56.3 Å². The molecule has 0 saturated heterocycles. The van der Waals surface area contributed by atoms with Crippen LogP contribution in [0.3, 0.4) is 0 Å². The van der Waals surface area contributed by atoms with Crippen LogP contribution in [0.15, 0.2) is 60.0 Å². The maximum Gasteiger partial charge on any atom is 0.255 e. The van der Waals surface area contributed by atoms with E-state index in [4.69, 9.17) is 0 Å². The highest BCUT2D eigenvalue weighted by atomic mass is 32.2. The first kappa shape index (κ1) is 15.3. The monoisotopic (exact) mass is 301 g/mol. The molecule has 110 valence electrons. The van der Waals surface area contributed by atoms with Crippen molar-refractivity contribution in [3.63, 3.8) is 0 Å². The largest absolute Gasteiger partial charge is 0.280 e. The Hall–Kier alpha value is -2.07. The molecule has 0 aliphatic rings. The molecule has 0 fully saturated rings. The van der Waals surface area contributed by atoms with Crippen molar-refractivity contribution < 1.29 is 8.42 Å². The second-order valence-corrected chi connectivity index (χ2v) is 6.71. The van der Waals surface area contributed by atoms with E-state index in [0.29, 0.717) is 11.6 Å². The number of benzene rings is 2. The summed E-state index contributed by atoms with van der Waals surface area (Å²) in [5.74, 6) is 0.356. The Bertz CT molecular complexity index is 719. The molecule has 0 saturated carbocycles. The third-order valence-electron chi connectivity index (χ3n) is 3.05. The maximum absolute atomic E-state index is 12.1. The van der Waals surface area contributed by atoms with Crippen molar-refractivity contribution in [1.82, 2.24) is 0 Å². The Kier molecular flexibility index (Phi) is 4.81. The molecule has 0 amide bonds. The summed E-state index contributed by atoms with van der Waals surface area (Å²) < 4.78 is 26.7. The van der Waals surface area contributed by atoms with Crippen LogP contribution in [0.5, 0.6) is 0 Å². The van der Waals surface area contributed by atoms with E-state index in [0.717, 1.165) is 11.1 Å². The van der Waals surface area contributed by atoms with Crippen LogP contribution >= 0.6 is 0 Å². The van der Waals surface area contributed by atoms with Gasteiger partial charge in [0.2, 0.25) is 0 Å². The van der Waals surface area contributed by atoms with Gasteiger partial charge in [-0.05, 0) is 35.3 Å². The molecule has 0 unspecified atom stereocenters. The lowest BCUT2D eigenvalue weighted by atomic mass is 10.0. The molecule has 21 heavy (non-hydrogen) atoms. The van der Waals surface area contributed by atoms with Gasteiger partial charge in [0.05, 0.1) is 5.41 Å². The van der Waals surface area contributed by atoms with Gasteiger partial charge in [-0.15, -0.1) is 0 Å². The number of rotatable bonds is 5. The summed E-state index contributed by atoms with van der Waals surface area (Å²) in [4.78, 5) is 0. The lowest BCUT2D eigenvalue weighted by Crippen LogP contribution is -2.09. The van der Waals surface area contributed by atoms with Crippen LogP contribution < -0.4 is 4.72 Å². The third kappa shape index (κ3) is 4.76. The minimum atomic E-state index is -3.51. The number of sulfonamides is 1.